The van der Waals surface area contributed by atoms with Gasteiger partial charge in [-0.2, -0.15) is 0 Å². The smallest absolute Gasteiger partial charge is 0.0716 e. The molecule has 3 heteroatoms. The van der Waals surface area contributed by atoms with Crippen LogP contribution in [0.15, 0.2) is 24.3 Å². The standard InChI is InChI=1S/C14H22ClNO/c1-12(2)16-9-3-4-10-17-11-13-5-7-14(15)8-6-13/h5-8,12,16H,3-4,9-11H2,1-2H3. The van der Waals surface area contributed by atoms with Crippen molar-refractivity contribution in [2.45, 2.75) is 39.3 Å². The van der Waals surface area contributed by atoms with Gasteiger partial charge < -0.3 is 10.1 Å². The first kappa shape index (κ1) is 14.5. The van der Waals surface area contributed by atoms with E-state index in [1.54, 1.807) is 0 Å². The zero-order chi connectivity index (χ0) is 12.5. The summed E-state index contributed by atoms with van der Waals surface area (Å²) in [5.41, 5.74) is 1.18. The highest BCUT2D eigenvalue weighted by Crippen LogP contribution is 2.10. The van der Waals surface area contributed by atoms with Crippen molar-refractivity contribution >= 4 is 11.6 Å². The van der Waals surface area contributed by atoms with Crippen LogP contribution in [0, 0.1) is 0 Å². The molecule has 0 atom stereocenters. The normalized spacial score (nSPS) is 11.1. The van der Waals surface area contributed by atoms with Crippen LogP contribution in [0.5, 0.6) is 0 Å². The molecule has 0 saturated carbocycles. The number of hydrogen-bond donors (Lipinski definition) is 1. The van der Waals surface area contributed by atoms with Crippen LogP contribution in [0.1, 0.15) is 32.3 Å². The fraction of sp³-hybridized carbons (Fsp3) is 0.571. The van der Waals surface area contributed by atoms with Gasteiger partial charge in [-0.3, -0.25) is 0 Å². The summed E-state index contributed by atoms with van der Waals surface area (Å²) in [6, 6.07) is 8.37. The van der Waals surface area contributed by atoms with E-state index in [2.05, 4.69) is 19.2 Å². The molecule has 1 N–H and O–H groups in total. The number of hydrogen-bond acceptors (Lipinski definition) is 2. The summed E-state index contributed by atoms with van der Waals surface area (Å²) in [4.78, 5) is 0. The minimum absolute atomic E-state index is 0.574. The van der Waals surface area contributed by atoms with Crippen LogP contribution < -0.4 is 5.32 Å². The average molecular weight is 256 g/mol. The lowest BCUT2D eigenvalue weighted by Gasteiger charge is -2.08. The molecule has 0 radical (unpaired) electrons. The third kappa shape index (κ3) is 7.37. The van der Waals surface area contributed by atoms with Crippen molar-refractivity contribution < 1.29 is 4.74 Å². The molecule has 0 bridgehead atoms. The van der Waals surface area contributed by atoms with Gasteiger partial charge in [-0.05, 0) is 37.1 Å². The Balaban J connectivity index is 1.99. The van der Waals surface area contributed by atoms with Crippen LogP contribution in [0.2, 0.25) is 5.02 Å². The van der Waals surface area contributed by atoms with E-state index in [4.69, 9.17) is 16.3 Å². The van der Waals surface area contributed by atoms with E-state index in [-0.39, 0.29) is 0 Å². The van der Waals surface area contributed by atoms with Gasteiger partial charge >= 0.3 is 0 Å². The van der Waals surface area contributed by atoms with Gasteiger partial charge in [0.1, 0.15) is 0 Å². The molecule has 0 aliphatic carbocycles. The summed E-state index contributed by atoms with van der Waals surface area (Å²) in [5, 5.41) is 4.16. The van der Waals surface area contributed by atoms with Crippen molar-refractivity contribution in [3.8, 4) is 0 Å². The van der Waals surface area contributed by atoms with Crippen molar-refractivity contribution in [2.75, 3.05) is 13.2 Å². The molecule has 2 nitrogen and oxygen atoms in total. The fourth-order valence-corrected chi connectivity index (χ4v) is 1.62. The Hall–Kier alpha value is -0.570. The Kier molecular flexibility index (Phi) is 7.25. The topological polar surface area (TPSA) is 21.3 Å². The molecule has 0 heterocycles. The summed E-state index contributed by atoms with van der Waals surface area (Å²) in [6.45, 7) is 6.90. The van der Waals surface area contributed by atoms with Gasteiger partial charge in [-0.25, -0.2) is 0 Å². The lowest BCUT2D eigenvalue weighted by molar-refractivity contribution is 0.117. The van der Waals surface area contributed by atoms with E-state index < -0.39 is 0 Å². The highest BCUT2D eigenvalue weighted by Gasteiger charge is 1.95. The zero-order valence-electron chi connectivity index (χ0n) is 10.7. The Labute approximate surface area is 109 Å². The number of ether oxygens (including phenoxy) is 1. The van der Waals surface area contributed by atoms with Gasteiger partial charge in [0.05, 0.1) is 6.61 Å². The van der Waals surface area contributed by atoms with Crippen molar-refractivity contribution in [1.82, 2.24) is 5.32 Å². The second-order valence-corrected chi connectivity index (χ2v) is 4.93. The average Bonchev–Trinajstić information content (AvgIpc) is 2.30. The molecular weight excluding hydrogens is 234 g/mol. The first-order chi connectivity index (χ1) is 8.18. The maximum atomic E-state index is 5.81. The molecule has 1 aromatic carbocycles. The van der Waals surface area contributed by atoms with Crippen molar-refractivity contribution in [3.05, 3.63) is 34.9 Å². The molecule has 0 amide bonds. The SMILES string of the molecule is CC(C)NCCCCOCc1ccc(Cl)cc1. The van der Waals surface area contributed by atoms with Crippen molar-refractivity contribution in [1.29, 1.82) is 0 Å². The number of nitrogens with one attached hydrogen (secondary N) is 1. The molecule has 0 aliphatic rings. The molecule has 17 heavy (non-hydrogen) atoms. The predicted molar refractivity (Wildman–Crippen MR) is 73.5 cm³/mol. The maximum absolute atomic E-state index is 5.81. The molecule has 0 aromatic heterocycles. The molecule has 0 fully saturated rings. The maximum Gasteiger partial charge on any atom is 0.0716 e. The summed E-state index contributed by atoms with van der Waals surface area (Å²) in [7, 11) is 0. The molecule has 1 rings (SSSR count). The Morgan fingerprint density at radius 2 is 1.88 bits per heavy atom. The summed E-state index contributed by atoms with van der Waals surface area (Å²) < 4.78 is 5.60. The van der Waals surface area contributed by atoms with Crippen LogP contribution in [0.4, 0.5) is 0 Å². The van der Waals surface area contributed by atoms with Gasteiger partial charge in [0.2, 0.25) is 0 Å². The Morgan fingerprint density at radius 3 is 2.53 bits per heavy atom. The first-order valence-corrected chi connectivity index (χ1v) is 6.62. The lowest BCUT2D eigenvalue weighted by Crippen LogP contribution is -2.23. The number of unbranched alkanes of at least 4 members (excludes halogenated alkanes) is 1. The van der Waals surface area contributed by atoms with E-state index in [0.29, 0.717) is 12.6 Å². The minimum Gasteiger partial charge on any atom is -0.377 e. The largest absolute Gasteiger partial charge is 0.377 e. The lowest BCUT2D eigenvalue weighted by atomic mass is 10.2. The van der Waals surface area contributed by atoms with E-state index in [9.17, 15) is 0 Å². The van der Waals surface area contributed by atoms with Gasteiger partial charge in [0, 0.05) is 17.7 Å². The van der Waals surface area contributed by atoms with Crippen LogP contribution in [-0.2, 0) is 11.3 Å². The molecule has 0 saturated heterocycles. The predicted octanol–water partition coefficient (Wildman–Crippen LogP) is 3.63. The third-order valence-corrected chi connectivity index (χ3v) is 2.70. The van der Waals surface area contributed by atoms with Gasteiger partial charge in [-0.15, -0.1) is 0 Å². The van der Waals surface area contributed by atoms with Gasteiger partial charge in [-0.1, -0.05) is 37.6 Å². The van der Waals surface area contributed by atoms with Gasteiger partial charge in [0.15, 0.2) is 0 Å². The van der Waals surface area contributed by atoms with E-state index in [1.165, 1.54) is 12.0 Å². The highest BCUT2D eigenvalue weighted by atomic mass is 35.5. The number of halogens is 1. The monoisotopic (exact) mass is 255 g/mol. The second-order valence-electron chi connectivity index (χ2n) is 4.49. The minimum atomic E-state index is 0.574. The van der Waals surface area contributed by atoms with E-state index >= 15 is 0 Å². The summed E-state index contributed by atoms with van der Waals surface area (Å²) in [5.74, 6) is 0. The molecule has 0 aliphatic heterocycles. The van der Waals surface area contributed by atoms with Crippen LogP contribution in [0.25, 0.3) is 0 Å². The van der Waals surface area contributed by atoms with Crippen LogP contribution >= 0.6 is 11.6 Å². The molecule has 0 unspecified atom stereocenters. The van der Waals surface area contributed by atoms with E-state index in [1.807, 2.05) is 24.3 Å². The Bertz CT molecular complexity index is 298. The zero-order valence-corrected chi connectivity index (χ0v) is 11.5. The molecule has 0 spiro atoms. The molecule has 96 valence electrons. The molecule has 1 aromatic rings. The summed E-state index contributed by atoms with van der Waals surface area (Å²) >= 11 is 5.81. The van der Waals surface area contributed by atoms with Gasteiger partial charge in [0.25, 0.3) is 0 Å². The van der Waals surface area contributed by atoms with Crippen molar-refractivity contribution in [2.24, 2.45) is 0 Å². The van der Waals surface area contributed by atoms with Crippen molar-refractivity contribution in [3.63, 3.8) is 0 Å². The Morgan fingerprint density at radius 1 is 1.18 bits per heavy atom. The third-order valence-electron chi connectivity index (χ3n) is 2.45. The first-order valence-electron chi connectivity index (χ1n) is 6.24. The number of rotatable bonds is 8. The highest BCUT2D eigenvalue weighted by molar-refractivity contribution is 6.30. The molecular formula is C14H22ClNO. The number of benzene rings is 1. The van der Waals surface area contributed by atoms with Crippen LogP contribution in [-0.4, -0.2) is 19.2 Å². The van der Waals surface area contributed by atoms with Crippen LogP contribution in [0.3, 0.4) is 0 Å². The summed E-state index contributed by atoms with van der Waals surface area (Å²) in [6.07, 6.45) is 2.27. The second kappa shape index (κ2) is 8.51. The van der Waals surface area contributed by atoms with E-state index in [0.717, 1.165) is 24.6 Å². The fourth-order valence-electron chi connectivity index (χ4n) is 1.49. The quantitative estimate of drug-likeness (QED) is 0.717.